The van der Waals surface area contributed by atoms with Crippen LogP contribution in [0.3, 0.4) is 0 Å². The van der Waals surface area contributed by atoms with Crippen molar-refractivity contribution < 1.29 is 14.3 Å². The number of carbonyl (C=O) groups excluding carboxylic acids is 1. The molecule has 0 aliphatic carbocycles. The molecule has 0 spiro atoms. The van der Waals surface area contributed by atoms with E-state index in [1.54, 1.807) is 0 Å². The van der Waals surface area contributed by atoms with Gasteiger partial charge in [0.1, 0.15) is 4.88 Å². The lowest BCUT2D eigenvalue weighted by Crippen LogP contribution is -2.26. The zero-order valence-corrected chi connectivity index (χ0v) is 15.2. The number of nitrogens with zero attached hydrogens (tertiary/aromatic N) is 1. The summed E-state index contributed by atoms with van der Waals surface area (Å²) in [6, 6.07) is 5.61. The van der Waals surface area contributed by atoms with E-state index in [9.17, 15) is 4.79 Å². The molecule has 1 aliphatic rings. The van der Waals surface area contributed by atoms with Crippen molar-refractivity contribution in [3.63, 3.8) is 0 Å². The first kappa shape index (κ1) is 16.8. The Morgan fingerprint density at radius 1 is 1.29 bits per heavy atom. The largest absolute Gasteiger partial charge is 0.454 e. The van der Waals surface area contributed by atoms with Gasteiger partial charge >= 0.3 is 0 Å². The average Bonchev–Trinajstić information content (AvgIpc) is 3.11. The molecular formula is C18H22N2O3S. The Kier molecular flexibility index (Phi) is 4.76. The third-order valence-corrected chi connectivity index (χ3v) is 5.05. The molecule has 1 aliphatic heterocycles. The minimum absolute atomic E-state index is 0.0785. The molecule has 128 valence electrons. The number of hydrogen-bond donors (Lipinski definition) is 1. The van der Waals surface area contributed by atoms with Gasteiger partial charge in [0.25, 0.3) is 5.91 Å². The van der Waals surface area contributed by atoms with Crippen LogP contribution < -0.4 is 14.8 Å². The van der Waals surface area contributed by atoms with E-state index in [-0.39, 0.29) is 18.7 Å². The van der Waals surface area contributed by atoms with Gasteiger partial charge in [-0.1, -0.05) is 19.9 Å². The SMILES string of the molecule is Cc1nc(CC(C)C)sc1C(=O)NC(C)c1ccc2c(c1)OCO2. The molecule has 0 saturated heterocycles. The molecule has 0 fully saturated rings. The second kappa shape index (κ2) is 6.81. The maximum absolute atomic E-state index is 12.6. The van der Waals surface area contributed by atoms with Crippen LogP contribution in [-0.2, 0) is 6.42 Å². The fourth-order valence-corrected chi connectivity index (χ4v) is 3.81. The number of ether oxygens (including phenoxy) is 2. The summed E-state index contributed by atoms with van der Waals surface area (Å²) in [5.41, 5.74) is 1.78. The number of hydrogen-bond acceptors (Lipinski definition) is 5. The standard InChI is InChI=1S/C18H22N2O3S/c1-10(2)7-16-19-12(4)17(24-16)18(21)20-11(3)13-5-6-14-15(8-13)23-9-22-14/h5-6,8,10-11H,7,9H2,1-4H3,(H,20,21). The molecule has 6 heteroatoms. The van der Waals surface area contributed by atoms with Crippen molar-refractivity contribution in [1.29, 1.82) is 0 Å². The fourth-order valence-electron chi connectivity index (χ4n) is 2.63. The van der Waals surface area contributed by atoms with E-state index < -0.39 is 0 Å². The number of aromatic nitrogens is 1. The van der Waals surface area contributed by atoms with Crippen LogP contribution in [0.1, 0.15) is 52.7 Å². The first-order valence-corrected chi connectivity index (χ1v) is 8.92. The van der Waals surface area contributed by atoms with Gasteiger partial charge in [-0.3, -0.25) is 4.79 Å². The van der Waals surface area contributed by atoms with Crippen LogP contribution in [0, 0.1) is 12.8 Å². The first-order valence-electron chi connectivity index (χ1n) is 8.10. The van der Waals surface area contributed by atoms with Gasteiger partial charge in [-0.2, -0.15) is 0 Å². The molecule has 0 bridgehead atoms. The summed E-state index contributed by atoms with van der Waals surface area (Å²) in [4.78, 5) is 17.8. The summed E-state index contributed by atoms with van der Waals surface area (Å²) in [7, 11) is 0. The number of aryl methyl sites for hydroxylation is 1. The van der Waals surface area contributed by atoms with E-state index in [4.69, 9.17) is 9.47 Å². The number of nitrogens with one attached hydrogen (secondary N) is 1. The van der Waals surface area contributed by atoms with E-state index in [1.807, 2.05) is 32.0 Å². The van der Waals surface area contributed by atoms with Crippen LogP contribution in [0.2, 0.25) is 0 Å². The third-order valence-electron chi connectivity index (χ3n) is 3.87. The second-order valence-corrected chi connectivity index (χ2v) is 7.51. The number of benzene rings is 1. The molecule has 5 nitrogen and oxygen atoms in total. The number of rotatable bonds is 5. The third kappa shape index (κ3) is 3.53. The highest BCUT2D eigenvalue weighted by Crippen LogP contribution is 2.34. The smallest absolute Gasteiger partial charge is 0.263 e. The first-order chi connectivity index (χ1) is 11.4. The van der Waals surface area contributed by atoms with Gasteiger partial charge in [0.05, 0.1) is 16.7 Å². The molecule has 24 heavy (non-hydrogen) atoms. The van der Waals surface area contributed by atoms with Crippen molar-refractivity contribution in [2.75, 3.05) is 6.79 Å². The minimum atomic E-state index is -0.123. The van der Waals surface area contributed by atoms with Crippen LogP contribution in [-0.4, -0.2) is 17.7 Å². The summed E-state index contributed by atoms with van der Waals surface area (Å²) in [5, 5.41) is 4.06. The molecule has 2 heterocycles. The van der Waals surface area contributed by atoms with Crippen LogP contribution in [0.25, 0.3) is 0 Å². The Morgan fingerprint density at radius 2 is 2.04 bits per heavy atom. The van der Waals surface area contributed by atoms with Gasteiger partial charge in [-0.05, 0) is 37.5 Å². The molecule has 0 saturated carbocycles. The second-order valence-electron chi connectivity index (χ2n) is 6.43. The van der Waals surface area contributed by atoms with Crippen molar-refractivity contribution in [3.05, 3.63) is 39.3 Å². The zero-order chi connectivity index (χ0) is 17.3. The summed E-state index contributed by atoms with van der Waals surface area (Å²) in [5.74, 6) is 1.92. The van der Waals surface area contributed by atoms with Gasteiger partial charge in [-0.25, -0.2) is 4.98 Å². The number of amides is 1. The average molecular weight is 346 g/mol. The quantitative estimate of drug-likeness (QED) is 0.893. The molecule has 0 radical (unpaired) electrons. The Balaban J connectivity index is 1.71. The van der Waals surface area contributed by atoms with Gasteiger partial charge in [0, 0.05) is 6.42 Å². The summed E-state index contributed by atoms with van der Waals surface area (Å²) < 4.78 is 10.7. The lowest BCUT2D eigenvalue weighted by molar-refractivity contribution is 0.0943. The Hall–Kier alpha value is -2.08. The summed E-state index contributed by atoms with van der Waals surface area (Å²) >= 11 is 1.49. The molecule has 3 rings (SSSR count). The topological polar surface area (TPSA) is 60.5 Å². The van der Waals surface area contributed by atoms with Crippen LogP contribution >= 0.6 is 11.3 Å². The number of thiazole rings is 1. The van der Waals surface area contributed by atoms with E-state index in [2.05, 4.69) is 24.1 Å². The van der Waals surface area contributed by atoms with Gasteiger partial charge in [0.15, 0.2) is 11.5 Å². The van der Waals surface area contributed by atoms with Gasteiger partial charge < -0.3 is 14.8 Å². The van der Waals surface area contributed by atoms with E-state index >= 15 is 0 Å². The summed E-state index contributed by atoms with van der Waals surface area (Å²) in [6.07, 6.45) is 0.899. The highest BCUT2D eigenvalue weighted by molar-refractivity contribution is 7.13. The summed E-state index contributed by atoms with van der Waals surface area (Å²) in [6.45, 7) is 8.40. The van der Waals surface area contributed by atoms with Crippen molar-refractivity contribution in [1.82, 2.24) is 10.3 Å². The molecule has 1 unspecified atom stereocenters. The fraction of sp³-hybridized carbons (Fsp3) is 0.444. The van der Waals surface area contributed by atoms with Crippen molar-refractivity contribution in [2.24, 2.45) is 5.92 Å². The Morgan fingerprint density at radius 3 is 2.79 bits per heavy atom. The van der Waals surface area contributed by atoms with Gasteiger partial charge in [0.2, 0.25) is 6.79 Å². The van der Waals surface area contributed by atoms with Crippen molar-refractivity contribution >= 4 is 17.2 Å². The highest BCUT2D eigenvalue weighted by atomic mass is 32.1. The van der Waals surface area contributed by atoms with E-state index in [0.717, 1.165) is 34.2 Å². The van der Waals surface area contributed by atoms with Crippen molar-refractivity contribution in [3.8, 4) is 11.5 Å². The molecule has 2 aromatic rings. The molecule has 1 amide bonds. The predicted octanol–water partition coefficient (Wildman–Crippen LogP) is 3.87. The molecular weight excluding hydrogens is 324 g/mol. The Labute approximate surface area is 146 Å². The molecule has 1 N–H and O–H groups in total. The normalized spacial score (nSPS) is 14.0. The highest BCUT2D eigenvalue weighted by Gasteiger charge is 2.20. The lowest BCUT2D eigenvalue weighted by atomic mass is 10.1. The van der Waals surface area contributed by atoms with Crippen LogP contribution in [0.15, 0.2) is 18.2 Å². The minimum Gasteiger partial charge on any atom is -0.454 e. The monoisotopic (exact) mass is 346 g/mol. The van der Waals surface area contributed by atoms with Gasteiger partial charge in [-0.15, -0.1) is 11.3 Å². The van der Waals surface area contributed by atoms with E-state index in [0.29, 0.717) is 10.8 Å². The van der Waals surface area contributed by atoms with Crippen molar-refractivity contribution in [2.45, 2.75) is 40.2 Å². The predicted molar refractivity (Wildman–Crippen MR) is 93.8 cm³/mol. The van der Waals surface area contributed by atoms with E-state index in [1.165, 1.54) is 11.3 Å². The number of carbonyl (C=O) groups is 1. The number of fused-ring (bicyclic) bond motifs is 1. The maximum atomic E-state index is 12.6. The molecule has 1 atom stereocenters. The molecule has 1 aromatic heterocycles. The van der Waals surface area contributed by atoms with Crippen LogP contribution in [0.5, 0.6) is 11.5 Å². The van der Waals surface area contributed by atoms with Crippen LogP contribution in [0.4, 0.5) is 0 Å². The molecule has 1 aromatic carbocycles. The maximum Gasteiger partial charge on any atom is 0.263 e. The zero-order valence-electron chi connectivity index (χ0n) is 14.4. The Bertz CT molecular complexity index is 755. The lowest BCUT2D eigenvalue weighted by Gasteiger charge is -2.14.